The molecule has 0 N–H and O–H groups in total. The number of rotatable bonds is 3. The molecule has 6 aromatic carbocycles. The van der Waals surface area contributed by atoms with E-state index in [-0.39, 0.29) is 39.3 Å². The van der Waals surface area contributed by atoms with Crippen molar-refractivity contribution in [3.8, 4) is 0 Å². The second-order valence-corrected chi connectivity index (χ2v) is 26.9. The van der Waals surface area contributed by atoms with Gasteiger partial charge >= 0.3 is 6.71 Å². The van der Waals surface area contributed by atoms with E-state index in [0.717, 1.165) is 34.4 Å². The summed E-state index contributed by atoms with van der Waals surface area (Å²) in [6.45, 7) is 32.9. The lowest BCUT2D eigenvalue weighted by molar-refractivity contribution is 0.195. The summed E-state index contributed by atoms with van der Waals surface area (Å²) in [7, 11) is 0. The van der Waals surface area contributed by atoms with Crippen LogP contribution in [0.3, 0.4) is 0 Å². The van der Waals surface area contributed by atoms with Crippen molar-refractivity contribution >= 4 is 101 Å². The second kappa shape index (κ2) is 14.9. The van der Waals surface area contributed by atoms with Crippen molar-refractivity contribution in [1.82, 2.24) is 0 Å². The van der Waals surface area contributed by atoms with Crippen LogP contribution in [-0.2, 0) is 27.1 Å². The third kappa shape index (κ3) is 6.53. The molecule has 5 heterocycles. The summed E-state index contributed by atoms with van der Waals surface area (Å²) < 4.78 is 10.1. The lowest BCUT2D eigenvalue weighted by Gasteiger charge is -2.51. The molecule has 3 aliphatic heterocycles. The van der Waals surface area contributed by atoms with Gasteiger partial charge in [0.15, 0.2) is 0 Å². The summed E-state index contributed by atoms with van der Waals surface area (Å²) in [5.41, 5.74) is 19.6. The summed E-state index contributed by atoms with van der Waals surface area (Å²) in [5, 5.41) is 2.47. The highest BCUT2D eigenvalue weighted by Gasteiger charge is 2.58. The fraction of sp³-hybridized carbons (Fsp3) is 0.375. The van der Waals surface area contributed by atoms with Gasteiger partial charge in [-0.15, -0.1) is 11.3 Å². The predicted octanol–water partition coefficient (Wildman–Crippen LogP) is 16.7. The average molecular weight is 940 g/mol. The fourth-order valence-corrected chi connectivity index (χ4v) is 14.2. The Bertz CT molecular complexity index is 3240. The van der Waals surface area contributed by atoms with Crippen molar-refractivity contribution in [2.45, 2.75) is 155 Å². The summed E-state index contributed by atoms with van der Waals surface area (Å²) >= 11 is 1.95. The zero-order chi connectivity index (χ0) is 49.2. The number of fused-ring (bicyclic) bond motifs is 11. The van der Waals surface area contributed by atoms with E-state index in [1.54, 1.807) is 0 Å². The molecular weight excluding hydrogens is 870 g/mol. The van der Waals surface area contributed by atoms with Crippen LogP contribution in [0.1, 0.15) is 150 Å². The van der Waals surface area contributed by atoms with Crippen LogP contribution >= 0.6 is 11.3 Å². The molecule has 70 heavy (non-hydrogen) atoms. The van der Waals surface area contributed by atoms with Crippen LogP contribution in [0.25, 0.3) is 21.1 Å². The Morgan fingerprint density at radius 3 is 1.61 bits per heavy atom. The lowest BCUT2D eigenvalue weighted by atomic mass is 9.38. The molecule has 1 saturated carbocycles. The van der Waals surface area contributed by atoms with Gasteiger partial charge in [-0.05, 0) is 141 Å². The number of para-hydroxylation sites is 1. The maximum atomic E-state index is 7.47. The summed E-state index contributed by atoms with van der Waals surface area (Å²) in [6.07, 6.45) is 4.77. The highest BCUT2D eigenvalue weighted by atomic mass is 32.1. The normalized spacial score (nSPS) is 19.9. The van der Waals surface area contributed by atoms with Crippen LogP contribution < -0.4 is 30.6 Å². The van der Waals surface area contributed by atoms with E-state index in [0.29, 0.717) is 0 Å². The third-order valence-electron chi connectivity index (χ3n) is 17.2. The Morgan fingerprint density at radius 1 is 0.514 bits per heavy atom. The van der Waals surface area contributed by atoms with Gasteiger partial charge in [0.2, 0.25) is 0 Å². The lowest BCUT2D eigenvalue weighted by Crippen LogP contribution is -2.60. The molecular formula is C64H70BN3OS. The van der Waals surface area contributed by atoms with Crippen molar-refractivity contribution in [2.75, 3.05) is 14.7 Å². The number of hydrogen-bond acceptors (Lipinski definition) is 5. The van der Waals surface area contributed by atoms with Crippen molar-refractivity contribution in [2.24, 2.45) is 0 Å². The van der Waals surface area contributed by atoms with Gasteiger partial charge in [0.25, 0.3) is 0 Å². The van der Waals surface area contributed by atoms with E-state index >= 15 is 0 Å². The van der Waals surface area contributed by atoms with Crippen LogP contribution in [0.2, 0.25) is 0 Å². The number of hydrogen-bond donors (Lipinski definition) is 0. The van der Waals surface area contributed by atoms with Gasteiger partial charge in [0.1, 0.15) is 11.2 Å². The van der Waals surface area contributed by atoms with E-state index < -0.39 is 0 Å². The number of benzene rings is 6. The van der Waals surface area contributed by atoms with E-state index in [1.165, 1.54) is 102 Å². The molecule has 2 unspecified atom stereocenters. The minimum absolute atomic E-state index is 0.000164. The van der Waals surface area contributed by atoms with E-state index in [4.69, 9.17) is 4.42 Å². The molecule has 0 radical (unpaired) electrons. The Labute approximate surface area is 421 Å². The minimum Gasteiger partial charge on any atom is -0.468 e. The number of anilines is 8. The van der Waals surface area contributed by atoms with E-state index in [9.17, 15) is 0 Å². The zero-order valence-electron chi connectivity index (χ0n) is 44.1. The molecule has 0 bridgehead atoms. The first-order chi connectivity index (χ1) is 33.0. The maximum Gasteiger partial charge on any atom is 0.309 e. The molecule has 2 aromatic heterocycles. The number of nitrogens with zero attached hydrogens (tertiary/aromatic N) is 3. The van der Waals surface area contributed by atoms with Crippen molar-refractivity contribution in [3.05, 3.63) is 149 Å². The average Bonchev–Trinajstić information content (AvgIpc) is 3.93. The van der Waals surface area contributed by atoms with Gasteiger partial charge < -0.3 is 19.1 Å². The van der Waals surface area contributed by atoms with E-state index in [2.05, 4.69) is 233 Å². The highest BCUT2D eigenvalue weighted by molar-refractivity contribution is 7.33. The quantitative estimate of drug-likeness (QED) is 0.165. The van der Waals surface area contributed by atoms with Gasteiger partial charge in [-0.3, -0.25) is 0 Å². The van der Waals surface area contributed by atoms with Gasteiger partial charge in [-0.25, -0.2) is 0 Å². The second-order valence-electron chi connectivity index (χ2n) is 25.8. The van der Waals surface area contributed by atoms with Crippen LogP contribution in [0.15, 0.2) is 126 Å². The van der Waals surface area contributed by atoms with E-state index in [1.807, 2.05) is 11.3 Å². The predicted molar refractivity (Wildman–Crippen MR) is 303 cm³/mol. The fourth-order valence-electron chi connectivity index (χ4n) is 12.9. The molecule has 12 rings (SSSR count). The molecule has 0 saturated heterocycles. The first kappa shape index (κ1) is 45.4. The Kier molecular flexibility index (Phi) is 9.68. The highest BCUT2D eigenvalue weighted by Crippen LogP contribution is 2.62. The first-order valence-corrected chi connectivity index (χ1v) is 26.8. The molecule has 0 amide bonds. The van der Waals surface area contributed by atoms with Crippen LogP contribution in [-0.4, -0.2) is 12.3 Å². The molecule has 2 atom stereocenters. The number of furan rings is 1. The largest absolute Gasteiger partial charge is 0.468 e. The molecule has 4 nitrogen and oxygen atoms in total. The Hall–Kier alpha value is -5.72. The summed E-state index contributed by atoms with van der Waals surface area (Å²) in [6, 6.07) is 47.7. The van der Waals surface area contributed by atoms with Gasteiger partial charge in [-0.2, -0.15) is 0 Å². The monoisotopic (exact) mass is 940 g/mol. The number of thiophene rings is 1. The maximum absolute atomic E-state index is 7.47. The SMILES string of the molecule is CC(C)(C)c1ccc(N2c3cc(N4c5ccccc5C5(C)CCCCC45C)cc4c3B(c3oc5ccc(C(C)(C)C)cc5c32)c2sc3ccc(C(C)(C)C)cc3c2N4c2ccc(C(C)(C)C)cc2)cc1. The smallest absolute Gasteiger partial charge is 0.309 e. The molecule has 356 valence electrons. The molecule has 4 aliphatic rings. The van der Waals surface area contributed by atoms with Crippen LogP contribution in [0, 0.1) is 0 Å². The van der Waals surface area contributed by atoms with Crippen LogP contribution in [0.5, 0.6) is 0 Å². The van der Waals surface area contributed by atoms with Crippen molar-refractivity contribution in [3.63, 3.8) is 0 Å². The van der Waals surface area contributed by atoms with Gasteiger partial charge in [-0.1, -0.05) is 157 Å². The topological polar surface area (TPSA) is 22.9 Å². The molecule has 1 fully saturated rings. The summed E-state index contributed by atoms with van der Waals surface area (Å²) in [5.74, 6) is 0. The molecule has 8 aromatic rings. The van der Waals surface area contributed by atoms with Gasteiger partial charge in [0.05, 0.1) is 16.9 Å². The van der Waals surface area contributed by atoms with Crippen LogP contribution in [0.4, 0.5) is 45.5 Å². The zero-order valence-corrected chi connectivity index (χ0v) is 44.9. The van der Waals surface area contributed by atoms with Gasteiger partial charge in [0, 0.05) is 59.8 Å². The van der Waals surface area contributed by atoms with Crippen molar-refractivity contribution in [1.29, 1.82) is 0 Å². The third-order valence-corrected chi connectivity index (χ3v) is 18.4. The Morgan fingerprint density at radius 2 is 1.03 bits per heavy atom. The van der Waals surface area contributed by atoms with Crippen molar-refractivity contribution < 1.29 is 4.42 Å². The minimum atomic E-state index is -0.137. The standard InChI is InChI=1S/C64H70BN3OS/c1-59(2,3)39-21-27-43(28-22-39)66-50-37-45(68-49-20-16-15-19-48(49)63(13)33-17-18-34-64(63,68)14)38-51-54(50)65(57-55(66)46-35-41(61(7,8)9)25-31-52(46)69-57)58-56(47-36-42(62(10,11)12)26-32-53(47)70-58)67(51)44-29-23-40(24-30-44)60(4,5)6/h15-16,19-32,35-38H,17-18,33-34H2,1-14H3. The summed E-state index contributed by atoms with van der Waals surface area (Å²) in [4.78, 5) is 8.04. The molecule has 1 aliphatic carbocycles. The molecule has 6 heteroatoms. The first-order valence-electron chi connectivity index (χ1n) is 26.0. The molecule has 0 spiro atoms. The Balaban J connectivity index is 1.24.